The lowest BCUT2D eigenvalue weighted by atomic mass is 10.1. The molecule has 0 aromatic carbocycles. The van der Waals surface area contributed by atoms with Gasteiger partial charge in [-0.15, -0.1) is 0 Å². The van der Waals surface area contributed by atoms with Crippen molar-refractivity contribution < 1.29 is 9.18 Å². The predicted octanol–water partition coefficient (Wildman–Crippen LogP) is 4.36. The van der Waals surface area contributed by atoms with Gasteiger partial charge in [-0.2, -0.15) is 0 Å². The van der Waals surface area contributed by atoms with Crippen LogP contribution in [-0.2, 0) is 0 Å². The van der Waals surface area contributed by atoms with Gasteiger partial charge in [-0.1, -0.05) is 38.1 Å². The zero-order valence-electron chi connectivity index (χ0n) is 16.2. The van der Waals surface area contributed by atoms with Crippen LogP contribution in [-0.4, -0.2) is 43.5 Å². The molecule has 146 valence electrons. The molecule has 0 rings (SSSR count). The summed E-state index contributed by atoms with van der Waals surface area (Å²) in [5.41, 5.74) is 1.21. The van der Waals surface area contributed by atoms with E-state index in [9.17, 15) is 9.18 Å². The first kappa shape index (κ1) is 23.9. The topological polar surface area (TPSA) is 56.7 Å². The summed E-state index contributed by atoms with van der Waals surface area (Å²) in [4.78, 5) is 17.6. The summed E-state index contributed by atoms with van der Waals surface area (Å²) < 4.78 is 13.3. The van der Waals surface area contributed by atoms with Gasteiger partial charge in [0.1, 0.15) is 6.67 Å². The number of carbonyl (C=O) groups is 1. The molecule has 2 amide bonds. The normalized spacial score (nSPS) is 14.2. The monoisotopic (exact) mass is 384 g/mol. The number of hydrogen-bond acceptors (Lipinski definition) is 3. The average Bonchev–Trinajstić information content (AvgIpc) is 2.54. The zero-order valence-corrected chi connectivity index (χ0v) is 17.0. The van der Waals surface area contributed by atoms with E-state index in [0.717, 1.165) is 5.57 Å². The second-order valence-corrected chi connectivity index (χ2v) is 6.51. The Morgan fingerprint density at radius 3 is 2.50 bits per heavy atom. The van der Waals surface area contributed by atoms with Crippen LogP contribution in [0.15, 0.2) is 52.4 Å². The first-order valence-corrected chi connectivity index (χ1v) is 8.83. The van der Waals surface area contributed by atoms with Crippen LogP contribution < -0.4 is 10.6 Å². The van der Waals surface area contributed by atoms with Crippen LogP contribution in [0.1, 0.15) is 27.7 Å². The van der Waals surface area contributed by atoms with E-state index in [1.807, 2.05) is 27.7 Å². The van der Waals surface area contributed by atoms with Gasteiger partial charge in [0.15, 0.2) is 0 Å². The summed E-state index contributed by atoms with van der Waals surface area (Å²) in [6, 6.07) is -0.677. The fourth-order valence-corrected chi connectivity index (χ4v) is 2.48. The highest BCUT2D eigenvalue weighted by Gasteiger charge is 2.12. The fraction of sp³-hybridized carbons (Fsp3) is 0.474. The molecule has 0 saturated heterocycles. The lowest BCUT2D eigenvalue weighted by Crippen LogP contribution is -2.39. The number of amides is 2. The summed E-state index contributed by atoms with van der Waals surface area (Å²) in [7, 11) is 1.62. The lowest BCUT2D eigenvalue weighted by Gasteiger charge is -2.24. The molecule has 0 aliphatic rings. The van der Waals surface area contributed by atoms with Crippen LogP contribution in [0.3, 0.4) is 0 Å². The van der Waals surface area contributed by atoms with Crippen molar-refractivity contribution in [1.29, 1.82) is 0 Å². The van der Waals surface area contributed by atoms with Gasteiger partial charge in [0.25, 0.3) is 0 Å². The zero-order chi connectivity index (χ0) is 20.1. The van der Waals surface area contributed by atoms with Crippen LogP contribution in [0.25, 0.3) is 0 Å². The molecule has 0 aliphatic carbocycles. The maximum Gasteiger partial charge on any atom is 0.319 e. The van der Waals surface area contributed by atoms with Crippen molar-refractivity contribution in [3.8, 4) is 0 Å². The largest absolute Gasteiger partial charge is 0.347 e. The van der Waals surface area contributed by atoms with Crippen molar-refractivity contribution in [2.24, 2.45) is 10.9 Å². The van der Waals surface area contributed by atoms with E-state index in [4.69, 9.17) is 11.6 Å². The Labute approximate surface area is 161 Å². The van der Waals surface area contributed by atoms with E-state index in [1.54, 1.807) is 30.3 Å². The van der Waals surface area contributed by atoms with Gasteiger partial charge in [-0.05, 0) is 31.4 Å². The second-order valence-electron chi connectivity index (χ2n) is 6.05. The second kappa shape index (κ2) is 13.2. The van der Waals surface area contributed by atoms with Crippen LogP contribution in [0.5, 0.6) is 0 Å². The summed E-state index contributed by atoms with van der Waals surface area (Å²) in [5, 5.41) is 5.76. The van der Waals surface area contributed by atoms with Gasteiger partial charge in [-0.25, -0.2) is 9.18 Å². The first-order chi connectivity index (χ1) is 12.3. The van der Waals surface area contributed by atoms with E-state index in [0.29, 0.717) is 23.2 Å². The number of alkyl halides is 1. The molecular formula is C19H30ClFN4O. The first-order valence-electron chi connectivity index (χ1n) is 8.45. The molecule has 26 heavy (non-hydrogen) atoms. The number of allylic oxidation sites excluding steroid dienone is 3. The van der Waals surface area contributed by atoms with Crippen molar-refractivity contribution >= 4 is 23.8 Å². The molecule has 5 nitrogen and oxygen atoms in total. The SMILES string of the molecule is C=C(Cl)/C(=C\C)[C@@H](C)NC(=O)N/C=C\N(CC(C)C)/C(=C/C=N\C)CF. The molecule has 0 aromatic rings. The van der Waals surface area contributed by atoms with Gasteiger partial charge in [0.2, 0.25) is 0 Å². The van der Waals surface area contributed by atoms with Gasteiger partial charge < -0.3 is 15.5 Å². The number of nitrogens with zero attached hydrogens (tertiary/aromatic N) is 2. The summed E-state index contributed by atoms with van der Waals surface area (Å²) in [6.07, 6.45) is 8.06. The highest BCUT2D eigenvalue weighted by molar-refractivity contribution is 6.31. The molecule has 0 spiro atoms. The smallest absolute Gasteiger partial charge is 0.319 e. The van der Waals surface area contributed by atoms with Crippen molar-refractivity contribution in [2.75, 3.05) is 20.3 Å². The highest BCUT2D eigenvalue weighted by atomic mass is 35.5. The Bertz CT molecular complexity index is 582. The number of aliphatic imine (C=N–C) groups is 1. The van der Waals surface area contributed by atoms with Gasteiger partial charge >= 0.3 is 6.03 Å². The van der Waals surface area contributed by atoms with Gasteiger partial charge in [0.05, 0.1) is 11.7 Å². The highest BCUT2D eigenvalue weighted by Crippen LogP contribution is 2.16. The quantitative estimate of drug-likeness (QED) is 0.434. The molecule has 0 saturated carbocycles. The Morgan fingerprint density at radius 2 is 2.04 bits per heavy atom. The summed E-state index contributed by atoms with van der Waals surface area (Å²) in [6.45, 7) is 11.4. The van der Waals surface area contributed by atoms with Gasteiger partial charge in [0, 0.05) is 37.2 Å². The Kier molecular flexibility index (Phi) is 12.1. The number of hydrogen-bond donors (Lipinski definition) is 2. The van der Waals surface area contributed by atoms with E-state index in [1.165, 1.54) is 12.4 Å². The predicted molar refractivity (Wildman–Crippen MR) is 109 cm³/mol. The van der Waals surface area contributed by atoms with Crippen molar-refractivity contribution in [1.82, 2.24) is 15.5 Å². The number of halogens is 2. The number of carbonyl (C=O) groups excluding carboxylic acids is 1. The molecule has 0 aliphatic heterocycles. The minimum atomic E-state index is -0.630. The van der Waals surface area contributed by atoms with Crippen molar-refractivity contribution in [2.45, 2.75) is 33.7 Å². The molecule has 0 aromatic heterocycles. The van der Waals surface area contributed by atoms with Crippen molar-refractivity contribution in [3.63, 3.8) is 0 Å². The summed E-state index contributed by atoms with van der Waals surface area (Å²) >= 11 is 5.90. The molecule has 0 fully saturated rings. The molecule has 7 heteroatoms. The number of rotatable bonds is 10. The Hall–Kier alpha value is -2.08. The molecule has 2 N–H and O–H groups in total. The molecule has 1 atom stereocenters. The lowest BCUT2D eigenvalue weighted by molar-refractivity contribution is 0.242. The van der Waals surface area contributed by atoms with Crippen LogP contribution in [0, 0.1) is 5.92 Å². The number of urea groups is 1. The molecular weight excluding hydrogens is 355 g/mol. The third kappa shape index (κ3) is 9.42. The summed E-state index contributed by atoms with van der Waals surface area (Å²) in [5.74, 6) is 0.314. The molecule has 0 radical (unpaired) electrons. The van der Waals surface area contributed by atoms with Crippen LogP contribution in [0.2, 0.25) is 0 Å². The van der Waals surface area contributed by atoms with E-state index in [-0.39, 0.29) is 6.04 Å². The van der Waals surface area contributed by atoms with E-state index < -0.39 is 12.7 Å². The molecule has 0 heterocycles. The average molecular weight is 385 g/mol. The maximum atomic E-state index is 13.3. The fourth-order valence-electron chi connectivity index (χ4n) is 2.21. The third-order valence-electron chi connectivity index (χ3n) is 3.39. The van der Waals surface area contributed by atoms with Crippen molar-refractivity contribution in [3.05, 3.63) is 47.4 Å². The molecule has 0 bridgehead atoms. The third-order valence-corrected chi connectivity index (χ3v) is 3.61. The standard InChI is InChI=1S/C19H30ClFN4O/c1-7-18(15(4)20)16(5)24-19(26)23-10-11-25(13-14(2)3)17(12-21)8-9-22-6/h7-11,14,16H,4,12-13H2,1-3,5-6H3,(H2,23,24,26)/b11-10-,17-8+,18-7+,22-9-/t16-/m1/s1. The van der Waals surface area contributed by atoms with Crippen LogP contribution in [0.4, 0.5) is 9.18 Å². The minimum absolute atomic E-state index is 0.285. The van der Waals surface area contributed by atoms with E-state index >= 15 is 0 Å². The number of nitrogens with one attached hydrogen (secondary N) is 2. The Balaban J connectivity index is 4.95. The Morgan fingerprint density at radius 1 is 1.38 bits per heavy atom. The van der Waals surface area contributed by atoms with Gasteiger partial charge in [-0.3, -0.25) is 4.99 Å². The minimum Gasteiger partial charge on any atom is -0.347 e. The molecule has 0 unspecified atom stereocenters. The van der Waals surface area contributed by atoms with E-state index in [2.05, 4.69) is 22.2 Å². The maximum absolute atomic E-state index is 13.3. The van der Waals surface area contributed by atoms with Crippen LogP contribution >= 0.6 is 11.6 Å².